The van der Waals surface area contributed by atoms with E-state index in [9.17, 15) is 0 Å². The molecule has 0 nitrogen and oxygen atoms in total. The highest BCUT2D eigenvalue weighted by atomic mass is 32.3. The smallest absolute Gasteiger partial charge is 0.0142 e. The summed E-state index contributed by atoms with van der Waals surface area (Å²) >= 11 is 0. The number of fused-ring (bicyclic) bond motifs is 6. The topological polar surface area (TPSA) is 0 Å². The summed E-state index contributed by atoms with van der Waals surface area (Å²) < 4.78 is 0. The molecule has 1 aliphatic heterocycles. The van der Waals surface area contributed by atoms with Crippen molar-refractivity contribution < 1.29 is 0 Å². The van der Waals surface area contributed by atoms with Crippen LogP contribution in [-0.4, -0.2) is 12.5 Å². The quantitative estimate of drug-likeness (QED) is 0.162. The largest absolute Gasteiger partial charge is 0.192 e. The van der Waals surface area contributed by atoms with Gasteiger partial charge in [0.2, 0.25) is 0 Å². The van der Waals surface area contributed by atoms with Crippen molar-refractivity contribution in [3.63, 3.8) is 0 Å². The predicted octanol–water partition coefficient (Wildman–Crippen LogP) is 14.4. The molecule has 0 radical (unpaired) electrons. The van der Waals surface area contributed by atoms with E-state index < -0.39 is 10.0 Å². The number of hydrogen-bond acceptors (Lipinski definition) is 0. The van der Waals surface area contributed by atoms with E-state index >= 15 is 0 Å². The van der Waals surface area contributed by atoms with Crippen LogP contribution in [0.4, 0.5) is 0 Å². The maximum Gasteiger partial charge on any atom is 0.0142 e. The Labute approximate surface area is 308 Å². The molecule has 1 atom stereocenters. The number of benzene rings is 8. The Hall–Kier alpha value is -5.63. The third kappa shape index (κ3) is 4.69. The lowest BCUT2D eigenvalue weighted by Crippen LogP contribution is -2.19. The van der Waals surface area contributed by atoms with Crippen LogP contribution in [0.5, 0.6) is 0 Å². The van der Waals surface area contributed by atoms with Gasteiger partial charge in [-0.25, -0.2) is 0 Å². The second-order valence-electron chi connectivity index (χ2n) is 15.1. The van der Waals surface area contributed by atoms with Gasteiger partial charge in [-0.3, -0.25) is 0 Å². The molecule has 1 heterocycles. The first-order chi connectivity index (χ1) is 25.4. The predicted molar refractivity (Wildman–Crippen MR) is 227 cm³/mol. The average Bonchev–Trinajstić information content (AvgIpc) is 3.41. The Balaban J connectivity index is 1.38. The Bertz CT molecular complexity index is 2790. The van der Waals surface area contributed by atoms with Gasteiger partial charge in [0.15, 0.2) is 0 Å². The van der Waals surface area contributed by atoms with Crippen LogP contribution >= 0.6 is 10.0 Å². The van der Waals surface area contributed by atoms with E-state index in [-0.39, 0.29) is 5.41 Å². The molecule has 8 aromatic carbocycles. The first-order valence-corrected chi connectivity index (χ1v) is 20.7. The van der Waals surface area contributed by atoms with Crippen molar-refractivity contribution in [3.8, 4) is 44.5 Å². The standard InChI is InChI=1S/C51H40S/c1-51(27-14-5-15-28-51)38-30-36(34-17-6-4-7-18-34)29-37(31-38)49-42-23-10-11-24-43(42)50(41-25-16-20-35-19-8-9-21-39(35)41)46-33-48-44(32-45(46)49)40-22-12-13-26-47(40)52(48,2)3/h4-27,29-33H,28H2,1-3H3. The van der Waals surface area contributed by atoms with Crippen molar-refractivity contribution in [3.05, 3.63) is 182 Å². The van der Waals surface area contributed by atoms with Gasteiger partial charge in [-0.2, -0.15) is 10.0 Å². The zero-order chi connectivity index (χ0) is 35.0. The minimum absolute atomic E-state index is 0.101. The SMILES string of the molecule is CC1(c2cc(-c3ccccc3)cc(-c3c4ccccc4c(-c4cccc5ccccc45)c4cc5c(cc34)-c3ccccc3S5(C)C)c2)C=CC=CC1. The summed E-state index contributed by atoms with van der Waals surface area (Å²) in [6.07, 6.45) is 15.0. The van der Waals surface area contributed by atoms with E-state index in [1.54, 1.807) is 0 Å². The maximum absolute atomic E-state index is 2.59. The van der Waals surface area contributed by atoms with Crippen LogP contribution in [0.25, 0.3) is 76.8 Å². The first-order valence-electron chi connectivity index (χ1n) is 18.3. The number of allylic oxidation sites excluding steroid dienone is 4. The lowest BCUT2D eigenvalue weighted by Gasteiger charge is -2.30. The molecule has 8 aromatic rings. The fraction of sp³-hybridized carbons (Fsp3) is 0.0980. The van der Waals surface area contributed by atoms with Crippen LogP contribution in [0.15, 0.2) is 186 Å². The van der Waals surface area contributed by atoms with Crippen LogP contribution in [0, 0.1) is 0 Å². The molecule has 0 amide bonds. The van der Waals surface area contributed by atoms with Gasteiger partial charge >= 0.3 is 0 Å². The van der Waals surface area contributed by atoms with Gasteiger partial charge in [-0.05, 0) is 126 Å². The third-order valence-electron chi connectivity index (χ3n) is 11.7. The molecule has 0 bridgehead atoms. The summed E-state index contributed by atoms with van der Waals surface area (Å²) in [6.45, 7) is 2.38. The summed E-state index contributed by atoms with van der Waals surface area (Å²) in [4.78, 5) is 2.96. The fourth-order valence-electron chi connectivity index (χ4n) is 8.97. The molecule has 52 heavy (non-hydrogen) atoms. The molecule has 250 valence electrons. The Morgan fingerprint density at radius 3 is 1.92 bits per heavy atom. The average molecular weight is 685 g/mol. The van der Waals surface area contributed by atoms with Crippen molar-refractivity contribution in [2.45, 2.75) is 28.6 Å². The Kier molecular flexibility index (Phi) is 7.01. The minimum Gasteiger partial charge on any atom is -0.192 e. The minimum atomic E-state index is -1.21. The van der Waals surface area contributed by atoms with Crippen LogP contribution in [0.2, 0.25) is 0 Å². The summed E-state index contributed by atoms with van der Waals surface area (Å²) in [5.41, 5.74) is 11.7. The molecule has 0 saturated heterocycles. The highest BCUT2D eigenvalue weighted by molar-refractivity contribution is 8.33. The fourth-order valence-corrected chi connectivity index (χ4v) is 11.5. The first kappa shape index (κ1) is 31.1. The summed E-state index contributed by atoms with van der Waals surface area (Å²) in [5.74, 6) is 0. The van der Waals surface area contributed by atoms with E-state index in [1.165, 1.54) is 92.2 Å². The second-order valence-corrected chi connectivity index (χ2v) is 18.6. The molecule has 10 rings (SSSR count). The number of hydrogen-bond donors (Lipinski definition) is 0. The van der Waals surface area contributed by atoms with Gasteiger partial charge in [0.1, 0.15) is 0 Å². The lowest BCUT2D eigenvalue weighted by molar-refractivity contribution is 0.600. The summed E-state index contributed by atoms with van der Waals surface area (Å²) in [6, 6.07) is 57.4. The van der Waals surface area contributed by atoms with Crippen molar-refractivity contribution >= 4 is 42.3 Å². The molecule has 1 aliphatic carbocycles. The van der Waals surface area contributed by atoms with Crippen LogP contribution in [0.1, 0.15) is 18.9 Å². The van der Waals surface area contributed by atoms with Crippen molar-refractivity contribution in [2.75, 3.05) is 12.5 Å². The molecular formula is C51H40S. The summed E-state index contributed by atoms with van der Waals surface area (Å²) in [7, 11) is -1.21. The van der Waals surface area contributed by atoms with E-state index in [4.69, 9.17) is 0 Å². The van der Waals surface area contributed by atoms with E-state index in [1.807, 2.05) is 0 Å². The monoisotopic (exact) mass is 684 g/mol. The van der Waals surface area contributed by atoms with Gasteiger partial charge in [-0.15, -0.1) is 0 Å². The van der Waals surface area contributed by atoms with Crippen LogP contribution < -0.4 is 0 Å². The normalized spacial score (nSPS) is 17.8. The highest BCUT2D eigenvalue weighted by Crippen LogP contribution is 2.68. The zero-order valence-corrected chi connectivity index (χ0v) is 30.7. The molecule has 0 saturated carbocycles. The molecule has 2 aliphatic rings. The van der Waals surface area contributed by atoms with Crippen molar-refractivity contribution in [1.82, 2.24) is 0 Å². The van der Waals surface area contributed by atoms with Gasteiger partial charge in [0.05, 0.1) is 0 Å². The van der Waals surface area contributed by atoms with E-state index in [0.29, 0.717) is 0 Å². The third-order valence-corrected chi connectivity index (χ3v) is 14.6. The molecule has 0 aromatic heterocycles. The van der Waals surface area contributed by atoms with Crippen molar-refractivity contribution in [2.24, 2.45) is 0 Å². The van der Waals surface area contributed by atoms with Gasteiger partial charge < -0.3 is 0 Å². The molecule has 0 spiro atoms. The van der Waals surface area contributed by atoms with Crippen LogP contribution in [0.3, 0.4) is 0 Å². The highest BCUT2D eigenvalue weighted by Gasteiger charge is 2.33. The summed E-state index contributed by atoms with van der Waals surface area (Å²) in [5, 5.41) is 7.78. The van der Waals surface area contributed by atoms with Crippen LogP contribution in [-0.2, 0) is 5.41 Å². The second kappa shape index (κ2) is 11.7. The van der Waals surface area contributed by atoms with Crippen molar-refractivity contribution in [1.29, 1.82) is 0 Å². The molecular weight excluding hydrogens is 645 g/mol. The lowest BCUT2D eigenvalue weighted by atomic mass is 9.75. The molecule has 1 unspecified atom stereocenters. The molecule has 1 heteroatoms. The Morgan fingerprint density at radius 1 is 0.462 bits per heavy atom. The maximum atomic E-state index is 2.59. The van der Waals surface area contributed by atoms with E-state index in [2.05, 4.69) is 195 Å². The van der Waals surface area contributed by atoms with Gasteiger partial charge in [0, 0.05) is 15.2 Å². The van der Waals surface area contributed by atoms with Gasteiger partial charge in [0.25, 0.3) is 0 Å². The molecule has 0 N–H and O–H groups in total. The molecule has 0 fully saturated rings. The Morgan fingerprint density at radius 2 is 1.12 bits per heavy atom. The van der Waals surface area contributed by atoms with Gasteiger partial charge in [-0.1, -0.05) is 159 Å². The van der Waals surface area contributed by atoms with E-state index in [0.717, 1.165) is 6.42 Å². The number of rotatable bonds is 4. The zero-order valence-electron chi connectivity index (χ0n) is 29.9.